The molecule has 4 heterocycles. The van der Waals surface area contributed by atoms with E-state index >= 15 is 0 Å². The van der Waals surface area contributed by atoms with Gasteiger partial charge in [0.05, 0.1) is 30.1 Å². The molecule has 1 saturated heterocycles. The Labute approximate surface area is 130 Å². The Hall–Kier alpha value is -2.27. The number of aliphatic hydroxyl groups is 2. The van der Waals surface area contributed by atoms with Gasteiger partial charge in [0.25, 0.3) is 0 Å². The van der Waals surface area contributed by atoms with Crippen LogP contribution in [0, 0.1) is 0 Å². The molecule has 0 amide bonds. The molecule has 10 heteroatoms. The molecule has 23 heavy (non-hydrogen) atoms. The van der Waals surface area contributed by atoms with Crippen molar-refractivity contribution in [3.05, 3.63) is 11.9 Å². The molecule has 2 aliphatic rings. The van der Waals surface area contributed by atoms with Crippen LogP contribution in [0.2, 0.25) is 0 Å². The Kier molecular flexibility index (Phi) is 3.20. The zero-order valence-corrected chi connectivity index (χ0v) is 12.1. The molecule has 2 aliphatic heterocycles. The van der Waals surface area contributed by atoms with Gasteiger partial charge in [-0.25, -0.2) is 9.97 Å². The number of nitrogens with zero attached hydrogens (tertiary/aromatic N) is 4. The van der Waals surface area contributed by atoms with E-state index in [0.29, 0.717) is 28.8 Å². The van der Waals surface area contributed by atoms with Crippen LogP contribution in [0.25, 0.3) is 11.0 Å². The maximum absolute atomic E-state index is 9.95. The number of nitrogens with two attached hydrogens (primary N) is 2. The molecule has 4 rings (SSSR count). The predicted octanol–water partition coefficient (Wildman–Crippen LogP) is -1.26. The molecule has 0 spiro atoms. The van der Waals surface area contributed by atoms with E-state index in [1.54, 1.807) is 17.1 Å². The molecule has 1 fully saturated rings. The number of rotatable bonds is 2. The number of nitrogens with one attached hydrogen (secondary N) is 1. The first kappa shape index (κ1) is 14.3. The van der Waals surface area contributed by atoms with Gasteiger partial charge in [0.1, 0.15) is 23.7 Å². The molecule has 2 aromatic rings. The second kappa shape index (κ2) is 5.13. The van der Waals surface area contributed by atoms with Crippen molar-refractivity contribution in [1.29, 1.82) is 0 Å². The number of nitrogen functional groups attached to an aromatic ring is 1. The van der Waals surface area contributed by atoms with E-state index in [-0.39, 0.29) is 12.4 Å². The van der Waals surface area contributed by atoms with Gasteiger partial charge in [-0.2, -0.15) is 0 Å². The van der Waals surface area contributed by atoms with Gasteiger partial charge in [-0.15, -0.1) is 0 Å². The third-order valence-corrected chi connectivity index (χ3v) is 4.12. The van der Waals surface area contributed by atoms with Gasteiger partial charge in [-0.05, 0) is 0 Å². The van der Waals surface area contributed by atoms with Gasteiger partial charge in [0.15, 0.2) is 12.1 Å². The molecule has 2 aromatic heterocycles. The Balaban J connectivity index is 1.85. The molecule has 0 aromatic carbocycles. The van der Waals surface area contributed by atoms with Crippen molar-refractivity contribution >= 4 is 28.9 Å². The van der Waals surface area contributed by atoms with E-state index in [1.165, 1.54) is 0 Å². The van der Waals surface area contributed by atoms with Crippen LogP contribution >= 0.6 is 0 Å². The molecule has 0 radical (unpaired) electrons. The Bertz CT molecular complexity index is 789. The number of anilines is 2. The minimum atomic E-state index is -0.738. The van der Waals surface area contributed by atoms with E-state index < -0.39 is 24.7 Å². The quantitative estimate of drug-likeness (QED) is 0.459. The standard InChI is InChI=1S/C13H17N7O3/c14-11-9-10(5-2-16-13(15)19-12(5)18-11)20(4-17-9)8-1-6(22)7(3-21)23-8/h2,4,6-8,13,21-22H,1,3,15H2,(H3,14,18,19). The van der Waals surface area contributed by atoms with Gasteiger partial charge in [-0.3, -0.25) is 10.7 Å². The highest BCUT2D eigenvalue weighted by Gasteiger charge is 2.36. The first-order chi connectivity index (χ1) is 11.1. The van der Waals surface area contributed by atoms with E-state index in [2.05, 4.69) is 20.3 Å². The summed E-state index contributed by atoms with van der Waals surface area (Å²) in [6.45, 7) is -0.246. The van der Waals surface area contributed by atoms with Crippen LogP contribution in [0.4, 0.5) is 11.6 Å². The molecular formula is C13H17N7O3. The maximum atomic E-state index is 9.95. The number of aliphatic imine (C=N–C) groups is 1. The number of aromatic nitrogens is 3. The fourth-order valence-corrected chi connectivity index (χ4v) is 2.99. The van der Waals surface area contributed by atoms with E-state index in [1.807, 2.05) is 0 Å². The van der Waals surface area contributed by atoms with Crippen LogP contribution in [-0.4, -0.2) is 56.1 Å². The highest BCUT2D eigenvalue weighted by Crippen LogP contribution is 2.35. The average Bonchev–Trinajstić information content (AvgIpc) is 3.11. The summed E-state index contributed by atoms with van der Waals surface area (Å²) in [6, 6.07) is 0. The number of fused-ring (bicyclic) bond motifs is 3. The van der Waals surface area contributed by atoms with Gasteiger partial charge >= 0.3 is 0 Å². The van der Waals surface area contributed by atoms with Crippen LogP contribution in [0.5, 0.6) is 0 Å². The number of aliphatic hydroxyl groups excluding tert-OH is 2. The lowest BCUT2D eigenvalue weighted by Crippen LogP contribution is -2.31. The largest absolute Gasteiger partial charge is 0.394 e. The summed E-state index contributed by atoms with van der Waals surface area (Å²) in [5, 5.41) is 22.1. The number of pyridine rings is 1. The summed E-state index contributed by atoms with van der Waals surface area (Å²) >= 11 is 0. The van der Waals surface area contributed by atoms with E-state index in [9.17, 15) is 10.2 Å². The van der Waals surface area contributed by atoms with Gasteiger partial charge in [0.2, 0.25) is 0 Å². The molecule has 0 aliphatic carbocycles. The average molecular weight is 319 g/mol. The number of imidazole rings is 1. The first-order valence-electron chi connectivity index (χ1n) is 7.24. The van der Waals surface area contributed by atoms with E-state index in [4.69, 9.17) is 16.2 Å². The minimum Gasteiger partial charge on any atom is -0.394 e. The van der Waals surface area contributed by atoms with Gasteiger partial charge in [0, 0.05) is 12.6 Å². The molecule has 0 saturated carbocycles. The maximum Gasteiger partial charge on any atom is 0.172 e. The van der Waals surface area contributed by atoms with Crippen LogP contribution in [0.3, 0.4) is 0 Å². The highest BCUT2D eigenvalue weighted by atomic mass is 16.5. The Morgan fingerprint density at radius 2 is 2.30 bits per heavy atom. The molecular weight excluding hydrogens is 302 g/mol. The summed E-state index contributed by atoms with van der Waals surface area (Å²) < 4.78 is 7.47. The smallest absolute Gasteiger partial charge is 0.172 e. The summed E-state index contributed by atoms with van der Waals surface area (Å²) in [5.41, 5.74) is 13.6. The fourth-order valence-electron chi connectivity index (χ4n) is 2.99. The molecule has 10 nitrogen and oxygen atoms in total. The molecule has 122 valence electrons. The number of ether oxygens (including phenoxy) is 1. The lowest BCUT2D eigenvalue weighted by Gasteiger charge is -2.20. The fraction of sp³-hybridized carbons (Fsp3) is 0.462. The van der Waals surface area contributed by atoms with Crippen molar-refractivity contribution in [2.75, 3.05) is 17.7 Å². The second-order valence-electron chi connectivity index (χ2n) is 5.59. The Morgan fingerprint density at radius 1 is 1.48 bits per heavy atom. The molecule has 4 atom stereocenters. The number of hydrogen-bond donors (Lipinski definition) is 5. The Morgan fingerprint density at radius 3 is 3.04 bits per heavy atom. The van der Waals surface area contributed by atoms with Gasteiger partial charge < -0.3 is 30.6 Å². The molecule has 4 unspecified atom stereocenters. The van der Waals surface area contributed by atoms with Crippen LogP contribution in [-0.2, 0) is 4.74 Å². The lowest BCUT2D eigenvalue weighted by atomic mass is 10.1. The third-order valence-electron chi connectivity index (χ3n) is 4.12. The van der Waals surface area contributed by atoms with Crippen LogP contribution in [0.15, 0.2) is 11.3 Å². The zero-order valence-electron chi connectivity index (χ0n) is 12.1. The lowest BCUT2D eigenvalue weighted by molar-refractivity contribution is -0.0430. The van der Waals surface area contributed by atoms with Crippen molar-refractivity contribution in [3.8, 4) is 0 Å². The SMILES string of the molecule is Nc1nc2c(c3c1ncn3C1CC(O)C(CO)O1)C=NC(N)N2. The zero-order chi connectivity index (χ0) is 16.1. The van der Waals surface area contributed by atoms with E-state index in [0.717, 1.165) is 0 Å². The van der Waals surface area contributed by atoms with Crippen molar-refractivity contribution in [3.63, 3.8) is 0 Å². The van der Waals surface area contributed by atoms with Crippen LogP contribution < -0.4 is 16.8 Å². The highest BCUT2D eigenvalue weighted by molar-refractivity contribution is 6.05. The van der Waals surface area contributed by atoms with Crippen molar-refractivity contribution in [2.45, 2.75) is 31.1 Å². The van der Waals surface area contributed by atoms with Crippen LogP contribution in [0.1, 0.15) is 18.2 Å². The summed E-state index contributed by atoms with van der Waals surface area (Å²) in [7, 11) is 0. The topological polar surface area (TPSA) is 157 Å². The normalized spacial score (nSPS) is 29.7. The van der Waals surface area contributed by atoms with Crippen molar-refractivity contribution in [2.24, 2.45) is 10.7 Å². The number of hydrogen-bond acceptors (Lipinski definition) is 9. The first-order valence-corrected chi connectivity index (χ1v) is 7.24. The predicted molar refractivity (Wildman–Crippen MR) is 82.8 cm³/mol. The molecule has 0 bridgehead atoms. The minimum absolute atomic E-state index is 0.246. The van der Waals surface area contributed by atoms with Gasteiger partial charge in [-0.1, -0.05) is 0 Å². The van der Waals surface area contributed by atoms with Crippen molar-refractivity contribution in [1.82, 2.24) is 14.5 Å². The summed E-state index contributed by atoms with van der Waals surface area (Å²) in [4.78, 5) is 12.7. The van der Waals surface area contributed by atoms with Crippen molar-refractivity contribution < 1.29 is 14.9 Å². The second-order valence-corrected chi connectivity index (χ2v) is 5.59. The summed E-state index contributed by atoms with van der Waals surface area (Å²) in [6.07, 6.45) is 1.16. The third kappa shape index (κ3) is 2.15. The molecule has 7 N–H and O–H groups in total. The monoisotopic (exact) mass is 319 g/mol. The summed E-state index contributed by atoms with van der Waals surface area (Å²) in [5.74, 6) is 0.793.